The number of nitrogens with zero attached hydrogens (tertiary/aromatic N) is 2. The zero-order chi connectivity index (χ0) is 25.9. The predicted molar refractivity (Wildman–Crippen MR) is 135 cm³/mol. The maximum absolute atomic E-state index is 11.6. The molecule has 1 aromatic heterocycles. The molecule has 1 aromatic carbocycles. The van der Waals surface area contributed by atoms with Crippen molar-refractivity contribution in [2.45, 2.75) is 57.6 Å². The average Bonchev–Trinajstić information content (AvgIpc) is 3.21. The monoisotopic (exact) mass is 495 g/mol. The number of carboxylic acids is 1. The van der Waals surface area contributed by atoms with Crippen LogP contribution in [0.2, 0.25) is 0 Å². The molecule has 1 atom stereocenters. The van der Waals surface area contributed by atoms with Gasteiger partial charge in [0.25, 0.3) is 5.91 Å². The van der Waals surface area contributed by atoms with Gasteiger partial charge < -0.3 is 26.6 Å². The van der Waals surface area contributed by atoms with Gasteiger partial charge in [-0.25, -0.2) is 4.99 Å². The highest BCUT2D eigenvalue weighted by Crippen LogP contribution is 2.33. The molecule has 4 rings (SSSR count). The molecule has 2 amide bonds. The van der Waals surface area contributed by atoms with Crippen molar-refractivity contribution in [2.75, 3.05) is 13.1 Å². The van der Waals surface area contributed by atoms with Gasteiger partial charge in [-0.1, -0.05) is 24.3 Å². The number of aromatic nitrogens is 1. The van der Waals surface area contributed by atoms with Crippen molar-refractivity contribution in [3.05, 3.63) is 58.9 Å². The number of unbranched alkanes of at least 4 members (excludes halogenated alkanes) is 1. The third kappa shape index (κ3) is 7.96. The van der Waals surface area contributed by atoms with Gasteiger partial charge in [-0.15, -0.1) is 0 Å². The van der Waals surface area contributed by atoms with Crippen LogP contribution >= 0.6 is 0 Å². The third-order valence-electron chi connectivity index (χ3n) is 5.94. The maximum Gasteiger partial charge on any atom is 0.303 e. The number of nitrogens with two attached hydrogens (primary N) is 1. The van der Waals surface area contributed by atoms with Crippen LogP contribution in [0, 0.1) is 0 Å². The molecule has 2 aromatic rings. The van der Waals surface area contributed by atoms with Gasteiger partial charge >= 0.3 is 5.97 Å². The minimum Gasteiger partial charge on any atom is -0.481 e. The molecule has 0 fully saturated rings. The van der Waals surface area contributed by atoms with E-state index >= 15 is 0 Å². The van der Waals surface area contributed by atoms with Crippen LogP contribution in [0.3, 0.4) is 0 Å². The van der Waals surface area contributed by atoms with E-state index in [1.165, 1.54) is 11.3 Å². The van der Waals surface area contributed by atoms with Crippen molar-refractivity contribution in [1.29, 1.82) is 0 Å². The Bertz CT molecular complexity index is 1120. The molecule has 0 bridgehead atoms. The number of primary amides is 1. The summed E-state index contributed by atoms with van der Waals surface area (Å²) in [6.07, 6.45) is 3.75. The normalized spacial score (nSPS) is 15.6. The van der Waals surface area contributed by atoms with E-state index in [0.717, 1.165) is 44.5 Å². The van der Waals surface area contributed by atoms with E-state index in [2.05, 4.69) is 27.8 Å². The lowest BCUT2D eigenvalue weighted by atomic mass is 10.0. The Morgan fingerprint density at radius 3 is 2.64 bits per heavy atom. The molecule has 10 heteroatoms. The molecule has 6 N–H and O–H groups in total. The first-order valence-electron chi connectivity index (χ1n) is 12.2. The number of carbonyl (C=O) groups excluding carboxylic acids is 2. The van der Waals surface area contributed by atoms with Gasteiger partial charge in [0.15, 0.2) is 0 Å². The van der Waals surface area contributed by atoms with Crippen LogP contribution in [-0.2, 0) is 33.8 Å². The van der Waals surface area contributed by atoms with Gasteiger partial charge in [0, 0.05) is 55.8 Å². The molecule has 10 nitrogen and oxygen atoms in total. The molecular formula is C26H33N5O5. The summed E-state index contributed by atoms with van der Waals surface area (Å²) in [5.41, 5.74) is 9.91. The van der Waals surface area contributed by atoms with Crippen molar-refractivity contribution in [3.63, 3.8) is 0 Å². The van der Waals surface area contributed by atoms with Crippen LogP contribution in [0.25, 0.3) is 0 Å². The Balaban J connectivity index is 0.000000233. The fourth-order valence-corrected chi connectivity index (χ4v) is 4.02. The molecule has 0 radical (unpaired) electrons. The molecule has 192 valence electrons. The van der Waals surface area contributed by atoms with Gasteiger partial charge in [-0.3, -0.25) is 19.4 Å². The standard InChI is InChI=1S/C17H25N3O3.C9H8N2O2/c21-16(19-10-3-6-17(22)23)5-2-1-4-14-8-7-13-12-18-11-9-15(13)20-14;10-9(13)7-8(12)5-3-1-2-4-6(5)11-7/h7-8,18H,1-6,9-12H2,(H,19,21)(H,22,23);1-4,8,12H,(H2,10,13). The zero-order valence-corrected chi connectivity index (χ0v) is 20.2. The summed E-state index contributed by atoms with van der Waals surface area (Å²) in [6.45, 7) is 2.34. The van der Waals surface area contributed by atoms with Crippen LogP contribution < -0.4 is 16.4 Å². The SMILES string of the molecule is NC(=O)C1=Nc2ccccc2C1O.O=C(O)CCCNC(=O)CCCCc1ccc2c(n1)CCNC2. The number of nitrogens with one attached hydrogen (secondary N) is 2. The minimum atomic E-state index is -0.964. The van der Waals surface area contributed by atoms with E-state index in [1.54, 1.807) is 24.3 Å². The number of para-hydroxylation sites is 1. The lowest BCUT2D eigenvalue weighted by Gasteiger charge is -2.16. The number of hydrogen-bond donors (Lipinski definition) is 5. The first-order valence-corrected chi connectivity index (χ1v) is 12.2. The second-order valence-electron chi connectivity index (χ2n) is 8.71. The number of rotatable bonds is 10. The number of aliphatic imine (C=N–C) groups is 1. The topological polar surface area (TPSA) is 167 Å². The molecule has 3 heterocycles. The summed E-state index contributed by atoms with van der Waals surface area (Å²) in [5, 5.41) is 24.2. The second-order valence-corrected chi connectivity index (χ2v) is 8.71. The van der Waals surface area contributed by atoms with Crippen LogP contribution in [0.15, 0.2) is 41.4 Å². The number of aliphatic hydroxyl groups excluding tert-OH is 1. The maximum atomic E-state index is 11.6. The molecule has 2 aliphatic rings. The van der Waals surface area contributed by atoms with Crippen molar-refractivity contribution in [1.82, 2.24) is 15.6 Å². The lowest BCUT2D eigenvalue weighted by Crippen LogP contribution is -2.26. The Kier molecular flexibility index (Phi) is 10.1. The average molecular weight is 496 g/mol. The van der Waals surface area contributed by atoms with Crippen molar-refractivity contribution >= 4 is 29.2 Å². The minimum absolute atomic E-state index is 0.000127. The van der Waals surface area contributed by atoms with E-state index in [-0.39, 0.29) is 18.0 Å². The molecule has 0 spiro atoms. The van der Waals surface area contributed by atoms with E-state index in [1.807, 2.05) is 0 Å². The third-order valence-corrected chi connectivity index (χ3v) is 5.94. The Morgan fingerprint density at radius 2 is 1.89 bits per heavy atom. The van der Waals surface area contributed by atoms with Crippen LogP contribution in [0.4, 0.5) is 5.69 Å². The Hall–Kier alpha value is -3.63. The number of aryl methyl sites for hydroxylation is 1. The number of carboxylic acid groups (broad SMARTS) is 1. The van der Waals surface area contributed by atoms with Gasteiger partial charge in [0.05, 0.1) is 5.69 Å². The van der Waals surface area contributed by atoms with Crippen LogP contribution in [-0.4, -0.2) is 51.8 Å². The number of amides is 2. The Morgan fingerprint density at radius 1 is 1.08 bits per heavy atom. The number of carbonyl (C=O) groups is 3. The molecular weight excluding hydrogens is 462 g/mol. The van der Waals surface area contributed by atoms with Crippen LogP contribution in [0.1, 0.15) is 60.7 Å². The van der Waals surface area contributed by atoms with E-state index in [0.29, 0.717) is 30.6 Å². The van der Waals surface area contributed by atoms with E-state index < -0.39 is 18.0 Å². The van der Waals surface area contributed by atoms with Crippen LogP contribution in [0.5, 0.6) is 0 Å². The number of aliphatic carboxylic acids is 1. The zero-order valence-electron chi connectivity index (χ0n) is 20.2. The lowest BCUT2D eigenvalue weighted by molar-refractivity contribution is -0.137. The molecule has 0 aliphatic carbocycles. The summed E-state index contributed by atoms with van der Waals surface area (Å²) in [5.74, 6) is -1.50. The van der Waals surface area contributed by atoms with Gasteiger partial charge in [0.2, 0.25) is 5.91 Å². The highest BCUT2D eigenvalue weighted by Gasteiger charge is 2.28. The molecule has 36 heavy (non-hydrogen) atoms. The summed E-state index contributed by atoms with van der Waals surface area (Å²) in [6, 6.07) is 11.3. The fourth-order valence-electron chi connectivity index (χ4n) is 4.02. The smallest absolute Gasteiger partial charge is 0.303 e. The molecule has 0 saturated heterocycles. The predicted octanol–water partition coefficient (Wildman–Crippen LogP) is 1.71. The van der Waals surface area contributed by atoms with Crippen molar-refractivity contribution < 1.29 is 24.6 Å². The van der Waals surface area contributed by atoms with Crippen molar-refractivity contribution in [2.24, 2.45) is 10.7 Å². The number of benzene rings is 1. The molecule has 1 unspecified atom stereocenters. The summed E-state index contributed by atoms with van der Waals surface area (Å²) < 4.78 is 0. The second kappa shape index (κ2) is 13.5. The van der Waals surface area contributed by atoms with Gasteiger partial charge in [-0.2, -0.15) is 0 Å². The number of fused-ring (bicyclic) bond motifs is 2. The number of hydrogen-bond acceptors (Lipinski definition) is 7. The van der Waals surface area contributed by atoms with Gasteiger partial charge in [0.1, 0.15) is 11.8 Å². The largest absolute Gasteiger partial charge is 0.481 e. The first-order chi connectivity index (χ1) is 17.3. The number of pyridine rings is 1. The van der Waals surface area contributed by atoms with Gasteiger partial charge in [-0.05, 0) is 43.4 Å². The molecule has 0 saturated carbocycles. The molecule has 2 aliphatic heterocycles. The first kappa shape index (κ1) is 27.0. The summed E-state index contributed by atoms with van der Waals surface area (Å²) in [7, 11) is 0. The highest BCUT2D eigenvalue weighted by atomic mass is 16.4. The Labute approximate surface area is 210 Å². The highest BCUT2D eigenvalue weighted by molar-refractivity contribution is 6.41. The van der Waals surface area contributed by atoms with E-state index in [9.17, 15) is 19.5 Å². The number of aliphatic hydroxyl groups is 1. The summed E-state index contributed by atoms with van der Waals surface area (Å²) >= 11 is 0. The fraction of sp³-hybridized carbons (Fsp3) is 0.423. The van der Waals surface area contributed by atoms with Crippen molar-refractivity contribution in [3.8, 4) is 0 Å². The quantitative estimate of drug-likeness (QED) is 0.313. The summed E-state index contributed by atoms with van der Waals surface area (Å²) in [4.78, 5) is 41.4. The van der Waals surface area contributed by atoms with E-state index in [4.69, 9.17) is 15.8 Å².